The summed E-state index contributed by atoms with van der Waals surface area (Å²) < 4.78 is 15.8. The van der Waals surface area contributed by atoms with Crippen LogP contribution in [-0.2, 0) is 19.0 Å². The van der Waals surface area contributed by atoms with Crippen LogP contribution in [0, 0.1) is 0 Å². The topological polar surface area (TPSA) is 198 Å². The third-order valence-corrected chi connectivity index (χ3v) is 5.02. The van der Waals surface area contributed by atoms with E-state index in [0.29, 0.717) is 0 Å². The molecule has 0 aromatic rings. The van der Waals surface area contributed by atoms with E-state index in [1.807, 2.05) is 0 Å². The molecule has 2 saturated heterocycles. The number of amides is 1. The van der Waals surface area contributed by atoms with Gasteiger partial charge in [0.1, 0.15) is 54.4 Å². The fourth-order valence-corrected chi connectivity index (χ4v) is 3.59. The van der Waals surface area contributed by atoms with E-state index in [4.69, 9.17) is 14.2 Å². The fraction of sp³-hybridized carbons (Fsp3) is 0.933. The van der Waals surface area contributed by atoms with E-state index in [9.17, 15) is 40.5 Å². The zero-order valence-corrected chi connectivity index (χ0v) is 14.9. The molecule has 12 heteroatoms. The van der Waals surface area contributed by atoms with Gasteiger partial charge in [0.2, 0.25) is 5.91 Å². The standard InChI is InChI=1S/C15H27NO11/c1-5(19)16-11-14(25-2)27-7(4-18)12(23)15(11,24)13-10(22)9(21)8(20)6(3-17)26-13/h6-14,17-18,20-24H,3-4H2,1-2H3,(H,16,19)/t6-,7-,8+,9+,10-,11-,12+,13-,14+,15-/m1/s1. The Balaban J connectivity index is 2.51. The molecule has 0 radical (unpaired) electrons. The van der Waals surface area contributed by atoms with Crippen molar-refractivity contribution < 1.29 is 54.8 Å². The van der Waals surface area contributed by atoms with Crippen LogP contribution < -0.4 is 5.32 Å². The number of rotatable bonds is 5. The van der Waals surface area contributed by atoms with Crippen LogP contribution in [0.5, 0.6) is 0 Å². The maximum absolute atomic E-state index is 11.6. The highest BCUT2D eigenvalue weighted by Gasteiger charge is 2.64. The van der Waals surface area contributed by atoms with Gasteiger partial charge < -0.3 is 55.3 Å². The van der Waals surface area contributed by atoms with Crippen molar-refractivity contribution >= 4 is 5.91 Å². The quantitative estimate of drug-likeness (QED) is 0.220. The highest BCUT2D eigenvalue weighted by molar-refractivity contribution is 5.73. The van der Waals surface area contributed by atoms with E-state index in [0.717, 1.165) is 6.92 Å². The van der Waals surface area contributed by atoms with Crippen molar-refractivity contribution in [1.82, 2.24) is 5.32 Å². The van der Waals surface area contributed by atoms with Gasteiger partial charge in [-0.3, -0.25) is 4.79 Å². The van der Waals surface area contributed by atoms with Crippen molar-refractivity contribution in [2.75, 3.05) is 20.3 Å². The van der Waals surface area contributed by atoms with Crippen molar-refractivity contribution in [1.29, 1.82) is 0 Å². The van der Waals surface area contributed by atoms with Gasteiger partial charge in [0.25, 0.3) is 0 Å². The Morgan fingerprint density at radius 1 is 1.04 bits per heavy atom. The number of methoxy groups -OCH3 is 1. The average Bonchev–Trinajstić information content (AvgIpc) is 2.64. The van der Waals surface area contributed by atoms with Crippen molar-refractivity contribution in [2.24, 2.45) is 0 Å². The number of ether oxygens (including phenoxy) is 3. The first-order valence-electron chi connectivity index (χ1n) is 8.40. The van der Waals surface area contributed by atoms with Gasteiger partial charge in [-0.15, -0.1) is 0 Å². The molecule has 2 rings (SSSR count). The molecule has 2 fully saturated rings. The predicted molar refractivity (Wildman–Crippen MR) is 85.1 cm³/mol. The lowest BCUT2D eigenvalue weighted by Crippen LogP contribution is -2.80. The minimum atomic E-state index is -2.52. The maximum Gasteiger partial charge on any atom is 0.217 e. The van der Waals surface area contributed by atoms with Crippen LogP contribution in [0.1, 0.15) is 6.92 Å². The maximum atomic E-state index is 11.6. The van der Waals surface area contributed by atoms with Crippen LogP contribution in [0.2, 0.25) is 0 Å². The molecule has 2 aliphatic heterocycles. The van der Waals surface area contributed by atoms with Gasteiger partial charge in [0, 0.05) is 14.0 Å². The van der Waals surface area contributed by atoms with Gasteiger partial charge in [-0.25, -0.2) is 0 Å². The zero-order valence-electron chi connectivity index (χ0n) is 14.9. The molecule has 0 unspecified atom stereocenters. The predicted octanol–water partition coefficient (Wildman–Crippen LogP) is -5.21. The summed E-state index contributed by atoms with van der Waals surface area (Å²) in [4.78, 5) is 11.6. The van der Waals surface area contributed by atoms with Gasteiger partial charge in [-0.1, -0.05) is 0 Å². The Labute approximate surface area is 154 Å². The summed E-state index contributed by atoms with van der Waals surface area (Å²) >= 11 is 0. The Hall–Kier alpha value is -0.930. The summed E-state index contributed by atoms with van der Waals surface area (Å²) in [5.41, 5.74) is -2.52. The molecule has 8 N–H and O–H groups in total. The summed E-state index contributed by atoms with van der Waals surface area (Å²) in [7, 11) is 1.19. The van der Waals surface area contributed by atoms with Crippen molar-refractivity contribution in [3.8, 4) is 0 Å². The first kappa shape index (κ1) is 22.4. The molecular formula is C15H27NO11. The van der Waals surface area contributed by atoms with Gasteiger partial charge in [-0.05, 0) is 0 Å². The number of aliphatic hydroxyl groups excluding tert-OH is 6. The highest BCUT2D eigenvalue weighted by atomic mass is 16.7. The smallest absolute Gasteiger partial charge is 0.217 e. The first-order chi connectivity index (χ1) is 12.6. The number of nitrogens with one attached hydrogen (secondary N) is 1. The van der Waals surface area contributed by atoms with Crippen LogP contribution >= 0.6 is 0 Å². The minimum absolute atomic E-state index is 0.636. The average molecular weight is 397 g/mol. The largest absolute Gasteiger partial charge is 0.394 e. The molecule has 2 aliphatic rings. The zero-order chi connectivity index (χ0) is 20.5. The number of aliphatic hydroxyl groups is 7. The molecule has 12 nitrogen and oxygen atoms in total. The summed E-state index contributed by atoms with van der Waals surface area (Å²) in [6.07, 6.45) is -13.2. The molecule has 27 heavy (non-hydrogen) atoms. The van der Waals surface area contributed by atoms with E-state index < -0.39 is 79.8 Å². The number of hydrogen-bond donors (Lipinski definition) is 8. The second-order valence-electron chi connectivity index (χ2n) is 6.72. The highest BCUT2D eigenvalue weighted by Crippen LogP contribution is 2.39. The van der Waals surface area contributed by atoms with E-state index >= 15 is 0 Å². The van der Waals surface area contributed by atoms with Crippen LogP contribution in [0.3, 0.4) is 0 Å². The summed E-state index contributed by atoms with van der Waals surface area (Å²) in [5.74, 6) is -0.636. The van der Waals surface area contributed by atoms with E-state index in [-0.39, 0.29) is 0 Å². The van der Waals surface area contributed by atoms with Gasteiger partial charge in [0.15, 0.2) is 6.29 Å². The van der Waals surface area contributed by atoms with E-state index in [2.05, 4.69) is 5.32 Å². The lowest BCUT2D eigenvalue weighted by Gasteiger charge is -2.55. The number of carbonyl (C=O) groups is 1. The minimum Gasteiger partial charge on any atom is -0.394 e. The molecule has 0 aromatic carbocycles. The lowest BCUT2D eigenvalue weighted by molar-refractivity contribution is -0.346. The van der Waals surface area contributed by atoms with Crippen LogP contribution in [0.4, 0.5) is 0 Å². The van der Waals surface area contributed by atoms with Gasteiger partial charge >= 0.3 is 0 Å². The summed E-state index contributed by atoms with van der Waals surface area (Å²) in [6.45, 7) is -0.370. The number of carbonyl (C=O) groups excluding carboxylic acids is 1. The van der Waals surface area contributed by atoms with Gasteiger partial charge in [0.05, 0.1) is 13.2 Å². The number of hydrogen-bond acceptors (Lipinski definition) is 11. The second-order valence-corrected chi connectivity index (χ2v) is 6.72. The lowest BCUT2D eigenvalue weighted by atomic mass is 9.73. The van der Waals surface area contributed by atoms with Crippen LogP contribution in [0.15, 0.2) is 0 Å². The normalized spacial score (nSPS) is 48.3. The molecule has 0 aliphatic carbocycles. The van der Waals surface area contributed by atoms with Gasteiger partial charge in [-0.2, -0.15) is 0 Å². The SMILES string of the molecule is CO[C@H]1O[C@H](CO)[C@H](O)[C@@](O)([C@@H]2O[C@H](CO)[C@H](O)[C@H](O)[C@H]2O)[C@@H]1NC(C)=O. The molecule has 10 atom stereocenters. The second kappa shape index (κ2) is 8.61. The summed E-state index contributed by atoms with van der Waals surface area (Å²) in [6, 6.07) is -1.49. The Morgan fingerprint density at radius 3 is 2.11 bits per heavy atom. The molecule has 0 bridgehead atoms. The van der Waals surface area contributed by atoms with Crippen LogP contribution in [0.25, 0.3) is 0 Å². The van der Waals surface area contributed by atoms with Crippen molar-refractivity contribution in [3.05, 3.63) is 0 Å². The van der Waals surface area contributed by atoms with Crippen molar-refractivity contribution in [2.45, 2.75) is 67.6 Å². The molecule has 158 valence electrons. The molecule has 0 spiro atoms. The molecular weight excluding hydrogens is 370 g/mol. The van der Waals surface area contributed by atoms with E-state index in [1.54, 1.807) is 0 Å². The van der Waals surface area contributed by atoms with Crippen LogP contribution in [-0.4, -0.2) is 123 Å². The Morgan fingerprint density at radius 2 is 1.63 bits per heavy atom. The monoisotopic (exact) mass is 397 g/mol. The van der Waals surface area contributed by atoms with E-state index in [1.165, 1.54) is 7.11 Å². The summed E-state index contributed by atoms with van der Waals surface area (Å²) in [5, 5.41) is 73.5. The molecule has 2 heterocycles. The molecule has 1 amide bonds. The first-order valence-corrected chi connectivity index (χ1v) is 8.40. The third kappa shape index (κ3) is 3.82. The molecule has 0 saturated carbocycles. The van der Waals surface area contributed by atoms with Crippen molar-refractivity contribution in [3.63, 3.8) is 0 Å². The fourth-order valence-electron chi connectivity index (χ4n) is 3.59. The third-order valence-electron chi connectivity index (χ3n) is 5.02. The Kier molecular flexibility index (Phi) is 7.13. The molecule has 0 aromatic heterocycles. The Bertz CT molecular complexity index is 520.